The van der Waals surface area contributed by atoms with E-state index >= 15 is 0 Å². The molecule has 2 aromatic carbocycles. The second kappa shape index (κ2) is 9.63. The predicted octanol–water partition coefficient (Wildman–Crippen LogP) is 6.26. The SMILES string of the molecule is CCC(c1ccc(-c2cccc(C(C)C)c2)cn1)N(O)CCc1ccccc1. The highest BCUT2D eigenvalue weighted by molar-refractivity contribution is 5.63. The zero-order chi connectivity index (χ0) is 19.9. The van der Waals surface area contributed by atoms with Crippen LogP contribution in [-0.4, -0.2) is 21.8 Å². The van der Waals surface area contributed by atoms with Crippen molar-refractivity contribution in [1.82, 2.24) is 10.0 Å². The molecule has 0 bridgehead atoms. The summed E-state index contributed by atoms with van der Waals surface area (Å²) in [5.41, 5.74) is 5.75. The maximum Gasteiger partial charge on any atom is 0.0768 e. The Balaban J connectivity index is 1.70. The highest BCUT2D eigenvalue weighted by atomic mass is 16.5. The van der Waals surface area contributed by atoms with Crippen LogP contribution in [0, 0.1) is 0 Å². The molecule has 3 heteroatoms. The van der Waals surface area contributed by atoms with Crippen molar-refractivity contribution in [1.29, 1.82) is 0 Å². The van der Waals surface area contributed by atoms with Gasteiger partial charge in [0.25, 0.3) is 0 Å². The summed E-state index contributed by atoms with van der Waals surface area (Å²) >= 11 is 0. The van der Waals surface area contributed by atoms with E-state index in [1.54, 1.807) is 0 Å². The van der Waals surface area contributed by atoms with E-state index in [0.29, 0.717) is 12.5 Å². The van der Waals surface area contributed by atoms with Gasteiger partial charge in [0.15, 0.2) is 0 Å². The standard InChI is InChI=1S/C25H30N2O/c1-4-25(27(28)16-15-20-9-6-5-7-10-20)24-14-13-23(18-26-24)22-12-8-11-21(17-22)19(2)3/h5-14,17-19,25,28H,4,15-16H2,1-3H3. The zero-order valence-electron chi connectivity index (χ0n) is 17.0. The maximum absolute atomic E-state index is 10.6. The number of nitrogens with zero attached hydrogens (tertiary/aromatic N) is 2. The van der Waals surface area contributed by atoms with Gasteiger partial charge in [-0.25, -0.2) is 0 Å². The molecule has 0 aliphatic heterocycles. The summed E-state index contributed by atoms with van der Waals surface area (Å²) in [6.07, 6.45) is 3.54. The minimum atomic E-state index is -0.0974. The Labute approximate surface area is 168 Å². The predicted molar refractivity (Wildman–Crippen MR) is 115 cm³/mol. The van der Waals surface area contributed by atoms with Crippen LogP contribution in [0.4, 0.5) is 0 Å². The van der Waals surface area contributed by atoms with Crippen molar-refractivity contribution in [2.45, 2.75) is 45.6 Å². The average molecular weight is 375 g/mol. The van der Waals surface area contributed by atoms with Gasteiger partial charge in [-0.15, -0.1) is 0 Å². The molecular formula is C25H30N2O. The topological polar surface area (TPSA) is 36.4 Å². The number of pyridine rings is 1. The Bertz CT molecular complexity index is 859. The van der Waals surface area contributed by atoms with Gasteiger partial charge in [-0.05, 0) is 41.5 Å². The monoisotopic (exact) mass is 374 g/mol. The first-order valence-electron chi connectivity index (χ1n) is 10.1. The summed E-state index contributed by atoms with van der Waals surface area (Å²) in [6, 6.07) is 22.9. The van der Waals surface area contributed by atoms with E-state index < -0.39 is 0 Å². The van der Waals surface area contributed by atoms with Crippen LogP contribution in [0.3, 0.4) is 0 Å². The molecular weight excluding hydrogens is 344 g/mol. The van der Waals surface area contributed by atoms with Gasteiger partial charge < -0.3 is 5.21 Å². The molecule has 0 saturated heterocycles. The highest BCUT2D eigenvalue weighted by Crippen LogP contribution is 2.26. The molecule has 1 heterocycles. The van der Waals surface area contributed by atoms with Crippen molar-refractivity contribution in [3.63, 3.8) is 0 Å². The van der Waals surface area contributed by atoms with Gasteiger partial charge in [0.05, 0.1) is 11.7 Å². The van der Waals surface area contributed by atoms with Gasteiger partial charge >= 0.3 is 0 Å². The first-order chi connectivity index (χ1) is 13.6. The normalized spacial score (nSPS) is 12.5. The van der Waals surface area contributed by atoms with Crippen molar-refractivity contribution in [2.24, 2.45) is 0 Å². The van der Waals surface area contributed by atoms with Gasteiger partial charge in [-0.2, -0.15) is 5.06 Å². The van der Waals surface area contributed by atoms with Crippen LogP contribution >= 0.6 is 0 Å². The fourth-order valence-electron chi connectivity index (χ4n) is 3.47. The van der Waals surface area contributed by atoms with Crippen LogP contribution in [-0.2, 0) is 6.42 Å². The van der Waals surface area contributed by atoms with Gasteiger partial charge in [-0.1, -0.05) is 81.4 Å². The average Bonchev–Trinajstić information content (AvgIpc) is 2.74. The Morgan fingerprint density at radius 3 is 2.36 bits per heavy atom. The van der Waals surface area contributed by atoms with Gasteiger partial charge in [0.1, 0.15) is 0 Å². The van der Waals surface area contributed by atoms with E-state index in [-0.39, 0.29) is 6.04 Å². The third kappa shape index (κ3) is 5.06. The fourth-order valence-corrected chi connectivity index (χ4v) is 3.47. The number of rotatable bonds is 8. The lowest BCUT2D eigenvalue weighted by Crippen LogP contribution is -2.27. The smallest absolute Gasteiger partial charge is 0.0768 e. The molecule has 28 heavy (non-hydrogen) atoms. The van der Waals surface area contributed by atoms with Crippen molar-refractivity contribution in [3.8, 4) is 11.1 Å². The van der Waals surface area contributed by atoms with Crippen molar-refractivity contribution in [3.05, 3.63) is 89.7 Å². The summed E-state index contributed by atoms with van der Waals surface area (Å²) in [5, 5.41) is 12.0. The zero-order valence-corrected chi connectivity index (χ0v) is 17.0. The second-order valence-corrected chi connectivity index (χ2v) is 7.57. The maximum atomic E-state index is 10.6. The lowest BCUT2D eigenvalue weighted by Gasteiger charge is -2.24. The summed E-state index contributed by atoms with van der Waals surface area (Å²) in [5.74, 6) is 0.504. The number of benzene rings is 2. The lowest BCUT2D eigenvalue weighted by molar-refractivity contribution is -0.130. The Morgan fingerprint density at radius 1 is 0.929 bits per heavy atom. The van der Waals surface area contributed by atoms with Crippen LogP contribution < -0.4 is 0 Å². The first kappa shape index (κ1) is 20.2. The molecule has 0 spiro atoms. The number of hydrogen-bond acceptors (Lipinski definition) is 3. The van der Waals surface area contributed by atoms with E-state index in [4.69, 9.17) is 0 Å². The third-order valence-electron chi connectivity index (χ3n) is 5.23. The molecule has 1 N–H and O–H groups in total. The minimum Gasteiger partial charge on any atom is -0.313 e. The molecule has 1 aromatic heterocycles. The second-order valence-electron chi connectivity index (χ2n) is 7.57. The van der Waals surface area contributed by atoms with E-state index in [1.807, 2.05) is 30.5 Å². The molecule has 0 saturated carbocycles. The molecule has 3 aromatic rings. The van der Waals surface area contributed by atoms with E-state index in [0.717, 1.165) is 24.1 Å². The van der Waals surface area contributed by atoms with E-state index in [9.17, 15) is 5.21 Å². The van der Waals surface area contributed by atoms with Crippen LogP contribution in [0.15, 0.2) is 72.9 Å². The van der Waals surface area contributed by atoms with Gasteiger partial charge in [0, 0.05) is 18.3 Å². The Kier molecular flexibility index (Phi) is 6.96. The Hall–Kier alpha value is -2.49. The van der Waals surface area contributed by atoms with Crippen molar-refractivity contribution < 1.29 is 5.21 Å². The third-order valence-corrected chi connectivity index (χ3v) is 5.23. The highest BCUT2D eigenvalue weighted by Gasteiger charge is 2.18. The quantitative estimate of drug-likeness (QED) is 0.473. The minimum absolute atomic E-state index is 0.0974. The Morgan fingerprint density at radius 2 is 1.71 bits per heavy atom. The summed E-state index contributed by atoms with van der Waals surface area (Å²) < 4.78 is 0. The molecule has 0 fully saturated rings. The number of hydroxylamine groups is 2. The molecule has 1 atom stereocenters. The van der Waals surface area contributed by atoms with Crippen LogP contribution in [0.2, 0.25) is 0 Å². The molecule has 1 unspecified atom stereocenters. The van der Waals surface area contributed by atoms with Gasteiger partial charge in [-0.3, -0.25) is 4.98 Å². The molecule has 3 nitrogen and oxygen atoms in total. The number of hydrogen-bond donors (Lipinski definition) is 1. The van der Waals surface area contributed by atoms with E-state index in [1.165, 1.54) is 21.8 Å². The molecule has 0 aliphatic carbocycles. The largest absolute Gasteiger partial charge is 0.313 e. The van der Waals surface area contributed by atoms with Crippen LogP contribution in [0.25, 0.3) is 11.1 Å². The van der Waals surface area contributed by atoms with Crippen molar-refractivity contribution in [2.75, 3.05) is 6.54 Å². The van der Waals surface area contributed by atoms with E-state index in [2.05, 4.69) is 68.2 Å². The fraction of sp³-hybridized carbons (Fsp3) is 0.320. The number of aromatic nitrogens is 1. The van der Waals surface area contributed by atoms with Gasteiger partial charge in [0.2, 0.25) is 0 Å². The first-order valence-corrected chi connectivity index (χ1v) is 10.1. The molecule has 0 amide bonds. The molecule has 3 rings (SSSR count). The van der Waals surface area contributed by atoms with Crippen molar-refractivity contribution >= 4 is 0 Å². The summed E-state index contributed by atoms with van der Waals surface area (Å²) in [4.78, 5) is 4.68. The molecule has 0 radical (unpaired) electrons. The lowest BCUT2D eigenvalue weighted by atomic mass is 9.98. The molecule has 146 valence electrons. The summed E-state index contributed by atoms with van der Waals surface area (Å²) in [6.45, 7) is 7.08. The summed E-state index contributed by atoms with van der Waals surface area (Å²) in [7, 11) is 0. The van der Waals surface area contributed by atoms with Crippen LogP contribution in [0.1, 0.15) is 56.0 Å². The molecule has 0 aliphatic rings. The van der Waals surface area contributed by atoms with Crippen LogP contribution in [0.5, 0.6) is 0 Å².